The molecule has 0 atom stereocenters. The zero-order valence-electron chi connectivity index (χ0n) is 7.10. The highest BCUT2D eigenvalue weighted by Gasteiger charge is 2.03. The number of aromatic nitrogens is 1. The van der Waals surface area contributed by atoms with Gasteiger partial charge in [0.05, 0.1) is 5.56 Å². The second-order valence-corrected chi connectivity index (χ2v) is 2.10. The van der Waals surface area contributed by atoms with Crippen molar-refractivity contribution in [2.75, 3.05) is 7.05 Å². The molecule has 0 aliphatic carbocycles. The Morgan fingerprint density at radius 3 is 3.15 bits per heavy atom. The highest BCUT2D eigenvalue weighted by Crippen LogP contribution is 1.98. The van der Waals surface area contributed by atoms with Gasteiger partial charge < -0.3 is 10.2 Å². The van der Waals surface area contributed by atoms with Crippen LogP contribution in [0.2, 0.25) is 0 Å². The van der Waals surface area contributed by atoms with Crippen LogP contribution in [0, 0.1) is 0 Å². The van der Waals surface area contributed by atoms with Crippen molar-refractivity contribution in [3.8, 4) is 0 Å². The van der Waals surface area contributed by atoms with Crippen LogP contribution < -0.4 is 5.43 Å². The third-order valence-electron chi connectivity index (χ3n) is 1.28. The largest absolute Gasteiger partial charge is 0.407 e. The summed E-state index contributed by atoms with van der Waals surface area (Å²) in [5, 5.41) is 3.76. The van der Waals surface area contributed by atoms with Crippen molar-refractivity contribution in [2.24, 2.45) is 5.10 Å². The smallest absolute Gasteiger partial charge is 0.299 e. The van der Waals surface area contributed by atoms with Crippen molar-refractivity contribution in [1.82, 2.24) is 10.4 Å². The van der Waals surface area contributed by atoms with Gasteiger partial charge in [0.25, 0.3) is 6.47 Å². The Hall–Kier alpha value is -1.91. The van der Waals surface area contributed by atoms with Crippen LogP contribution in [-0.4, -0.2) is 24.4 Å². The van der Waals surface area contributed by atoms with E-state index in [2.05, 4.69) is 20.2 Å². The first-order chi connectivity index (χ1) is 6.38. The molecule has 0 unspecified atom stereocenters. The third-order valence-corrected chi connectivity index (χ3v) is 1.28. The first kappa shape index (κ1) is 9.18. The van der Waals surface area contributed by atoms with E-state index < -0.39 is 0 Å². The van der Waals surface area contributed by atoms with Crippen molar-refractivity contribution in [3.05, 3.63) is 30.1 Å². The molecule has 1 aromatic heterocycles. The Morgan fingerprint density at radius 1 is 1.77 bits per heavy atom. The van der Waals surface area contributed by atoms with E-state index in [1.807, 2.05) is 0 Å². The van der Waals surface area contributed by atoms with Crippen molar-refractivity contribution >= 4 is 12.4 Å². The summed E-state index contributed by atoms with van der Waals surface area (Å²) in [6.45, 7) is 0.323. The van der Waals surface area contributed by atoms with Gasteiger partial charge in [0.15, 0.2) is 0 Å². The maximum Gasteiger partial charge on any atom is 0.299 e. The second kappa shape index (κ2) is 4.87. The van der Waals surface area contributed by atoms with Crippen LogP contribution in [-0.2, 0) is 9.53 Å². The summed E-state index contributed by atoms with van der Waals surface area (Å²) >= 11 is 0. The fraction of sp³-hybridized carbons (Fsp3) is 0.125. The van der Waals surface area contributed by atoms with Gasteiger partial charge >= 0.3 is 0 Å². The molecule has 1 rings (SSSR count). The number of hydrogen-bond acceptors (Lipinski definition) is 5. The molecule has 0 saturated heterocycles. The molecule has 0 aromatic carbocycles. The molecule has 0 fully saturated rings. The molecule has 1 aromatic rings. The summed E-state index contributed by atoms with van der Waals surface area (Å²) in [4.78, 5) is 14.0. The maximum atomic E-state index is 10.1. The Bertz CT molecular complexity index is 298. The predicted molar refractivity (Wildman–Crippen MR) is 47.0 cm³/mol. The van der Waals surface area contributed by atoms with E-state index in [4.69, 9.17) is 0 Å². The van der Waals surface area contributed by atoms with Gasteiger partial charge in [0.2, 0.25) is 5.90 Å². The molecule has 0 radical (unpaired) electrons. The monoisotopic (exact) mass is 179 g/mol. The Kier molecular flexibility index (Phi) is 3.44. The predicted octanol–water partition coefficient (Wildman–Crippen LogP) is 0.136. The number of carbonyl (C=O) groups excluding carboxylic acids is 1. The number of hydrazone groups is 1. The average Bonchev–Trinajstić information content (AvgIpc) is 2.19. The minimum Gasteiger partial charge on any atom is -0.407 e. The van der Waals surface area contributed by atoms with Crippen LogP contribution in [0.25, 0.3) is 0 Å². The Labute approximate surface area is 75.4 Å². The topological polar surface area (TPSA) is 63.6 Å². The zero-order valence-corrected chi connectivity index (χ0v) is 7.10. The maximum absolute atomic E-state index is 10.1. The van der Waals surface area contributed by atoms with Crippen LogP contribution in [0.15, 0.2) is 29.6 Å². The average molecular weight is 179 g/mol. The van der Waals surface area contributed by atoms with Crippen LogP contribution in [0.5, 0.6) is 0 Å². The molecular weight excluding hydrogens is 170 g/mol. The molecule has 0 saturated carbocycles. The van der Waals surface area contributed by atoms with Gasteiger partial charge in [0.1, 0.15) is 0 Å². The van der Waals surface area contributed by atoms with Crippen molar-refractivity contribution in [3.63, 3.8) is 0 Å². The van der Waals surface area contributed by atoms with Gasteiger partial charge in [-0.15, -0.1) is 5.10 Å². The number of rotatable bonds is 3. The second-order valence-electron chi connectivity index (χ2n) is 2.10. The minimum absolute atomic E-state index is 0.200. The van der Waals surface area contributed by atoms with Crippen LogP contribution in [0.1, 0.15) is 5.56 Å². The SMILES string of the molecule is CN/N=C(\OC=O)c1cccnc1. The summed E-state index contributed by atoms with van der Waals surface area (Å²) in [6.07, 6.45) is 3.18. The molecule has 0 aliphatic heterocycles. The number of ether oxygens (including phenoxy) is 1. The molecule has 5 nitrogen and oxygen atoms in total. The molecule has 1 heterocycles. The summed E-state index contributed by atoms with van der Waals surface area (Å²) in [7, 11) is 1.62. The normalized spacial score (nSPS) is 10.7. The number of hydrogen-bond donors (Lipinski definition) is 1. The van der Waals surface area contributed by atoms with Crippen molar-refractivity contribution in [1.29, 1.82) is 0 Å². The summed E-state index contributed by atoms with van der Waals surface area (Å²) in [6, 6.07) is 3.47. The fourth-order valence-electron chi connectivity index (χ4n) is 0.795. The lowest BCUT2D eigenvalue weighted by atomic mass is 10.3. The molecule has 13 heavy (non-hydrogen) atoms. The van der Waals surface area contributed by atoms with Crippen LogP contribution in [0.3, 0.4) is 0 Å². The van der Waals surface area contributed by atoms with E-state index >= 15 is 0 Å². The number of nitrogens with zero attached hydrogens (tertiary/aromatic N) is 2. The number of carbonyl (C=O) groups is 1. The zero-order chi connectivity index (χ0) is 9.52. The van der Waals surface area contributed by atoms with E-state index in [0.717, 1.165) is 0 Å². The van der Waals surface area contributed by atoms with Gasteiger partial charge in [-0.05, 0) is 12.1 Å². The molecule has 1 N–H and O–H groups in total. The van der Waals surface area contributed by atoms with Crippen LogP contribution >= 0.6 is 0 Å². The van der Waals surface area contributed by atoms with Crippen LogP contribution in [0.4, 0.5) is 0 Å². The number of pyridine rings is 1. The molecule has 0 amide bonds. The lowest BCUT2D eigenvalue weighted by Crippen LogP contribution is -2.10. The lowest BCUT2D eigenvalue weighted by Gasteiger charge is -2.01. The van der Waals surface area contributed by atoms with Crippen molar-refractivity contribution < 1.29 is 9.53 Å². The Balaban J connectivity index is 2.89. The first-order valence-corrected chi connectivity index (χ1v) is 3.63. The van der Waals surface area contributed by atoms with E-state index in [1.54, 1.807) is 31.6 Å². The van der Waals surface area contributed by atoms with Gasteiger partial charge in [-0.1, -0.05) is 0 Å². The first-order valence-electron chi connectivity index (χ1n) is 3.63. The van der Waals surface area contributed by atoms with Gasteiger partial charge in [-0.3, -0.25) is 9.78 Å². The molecule has 5 heteroatoms. The molecule has 0 bridgehead atoms. The van der Waals surface area contributed by atoms with E-state index in [-0.39, 0.29) is 5.90 Å². The summed E-state index contributed by atoms with van der Waals surface area (Å²) in [5.41, 5.74) is 3.17. The van der Waals surface area contributed by atoms with Gasteiger partial charge in [-0.2, -0.15) is 0 Å². The lowest BCUT2D eigenvalue weighted by molar-refractivity contribution is -0.121. The molecule has 0 spiro atoms. The summed E-state index contributed by atoms with van der Waals surface area (Å²) < 4.78 is 4.64. The molecular formula is C8H9N3O2. The molecule has 68 valence electrons. The summed E-state index contributed by atoms with van der Waals surface area (Å²) in [5.74, 6) is 0.200. The Morgan fingerprint density at radius 2 is 2.62 bits per heavy atom. The standard InChI is InChI=1S/C8H9N3O2/c1-9-11-8(13-6-12)7-3-2-4-10-5-7/h2-6,9H,1H3/b11-8-. The van der Waals surface area contributed by atoms with E-state index in [1.165, 1.54) is 0 Å². The van der Waals surface area contributed by atoms with E-state index in [0.29, 0.717) is 12.0 Å². The van der Waals surface area contributed by atoms with Crippen molar-refractivity contribution in [2.45, 2.75) is 0 Å². The van der Waals surface area contributed by atoms with Gasteiger partial charge in [0, 0.05) is 19.4 Å². The quantitative estimate of drug-likeness (QED) is 0.310. The third kappa shape index (κ3) is 2.55. The van der Waals surface area contributed by atoms with Gasteiger partial charge in [-0.25, -0.2) is 0 Å². The highest BCUT2D eigenvalue weighted by atomic mass is 16.5. The minimum atomic E-state index is 0.200. The highest BCUT2D eigenvalue weighted by molar-refractivity contribution is 5.96. The van der Waals surface area contributed by atoms with E-state index in [9.17, 15) is 4.79 Å². The fourth-order valence-corrected chi connectivity index (χ4v) is 0.795. The number of nitrogens with one attached hydrogen (secondary N) is 1. The molecule has 0 aliphatic rings.